The topological polar surface area (TPSA) is 8.17 Å². The van der Waals surface area contributed by atoms with Crippen LogP contribution in [0, 0.1) is 0 Å². The fourth-order valence-electron chi connectivity index (χ4n) is 8.45. The van der Waals surface area contributed by atoms with Gasteiger partial charge in [0.25, 0.3) is 0 Å². The van der Waals surface area contributed by atoms with Gasteiger partial charge in [-0.3, -0.25) is 0 Å². The van der Waals surface area contributed by atoms with E-state index in [-0.39, 0.29) is 5.41 Å². The third-order valence-electron chi connectivity index (χ3n) is 10.7. The number of para-hydroxylation sites is 2. The summed E-state index contributed by atoms with van der Waals surface area (Å²) in [5.41, 5.74) is 12.4. The summed E-state index contributed by atoms with van der Waals surface area (Å²) in [7, 11) is 0. The second kappa shape index (κ2) is 10.4. The minimum absolute atomic E-state index is 0.0827. The third-order valence-corrected chi connectivity index (χ3v) is 10.7. The van der Waals surface area contributed by atoms with Crippen LogP contribution in [0.1, 0.15) is 25.0 Å². The van der Waals surface area contributed by atoms with Crippen LogP contribution in [0.5, 0.6) is 0 Å². The molecule has 0 atom stereocenters. The van der Waals surface area contributed by atoms with Gasteiger partial charge in [0.2, 0.25) is 0 Å². The Hall–Kier alpha value is -6.12. The predicted octanol–water partition coefficient (Wildman–Crippen LogP) is 12.9. The highest BCUT2D eigenvalue weighted by atomic mass is 15.1. The maximum atomic E-state index is 2.46. The Morgan fingerprint density at radius 3 is 1.96 bits per heavy atom. The van der Waals surface area contributed by atoms with Crippen LogP contribution < -0.4 is 4.90 Å². The fourth-order valence-corrected chi connectivity index (χ4v) is 8.45. The molecule has 0 saturated heterocycles. The van der Waals surface area contributed by atoms with E-state index in [1.165, 1.54) is 65.6 Å². The average Bonchev–Trinajstić information content (AvgIpc) is 3.48. The number of nitrogens with zero attached hydrogens (tertiary/aromatic N) is 2. The fraction of sp³-hybridized carbons (Fsp3) is 0.0638. The smallest absolute Gasteiger partial charge is 0.0553 e. The number of fused-ring (bicyclic) bond motifs is 7. The number of hydrogen-bond donors (Lipinski definition) is 0. The Morgan fingerprint density at radius 2 is 1.10 bits per heavy atom. The molecule has 0 saturated carbocycles. The molecule has 10 rings (SSSR count). The van der Waals surface area contributed by atoms with Gasteiger partial charge >= 0.3 is 0 Å². The summed E-state index contributed by atoms with van der Waals surface area (Å²) < 4.78 is 2.46. The standard InChI is InChI=1S/C47H34N2/c1-47(2)40-20-10-8-18-38(40)46-44-33(15-12-21-41(44)47)30-43-45(46)39-19-9-11-22-42(39)49(43)36-27-25-35(26-28-36)48(34-16-4-3-5-17-34)37-24-23-31-13-6-7-14-32(31)29-37/h3-30H,1-2H3. The molecule has 2 nitrogen and oxygen atoms in total. The zero-order valence-electron chi connectivity index (χ0n) is 27.6. The van der Waals surface area contributed by atoms with Crippen molar-refractivity contribution >= 4 is 60.4 Å². The van der Waals surface area contributed by atoms with Gasteiger partial charge in [0, 0.05) is 44.5 Å². The molecule has 2 heteroatoms. The summed E-state index contributed by atoms with van der Waals surface area (Å²) in [6, 6.07) is 62.2. The van der Waals surface area contributed by atoms with Crippen molar-refractivity contribution in [1.82, 2.24) is 4.57 Å². The quantitative estimate of drug-likeness (QED) is 0.189. The predicted molar refractivity (Wildman–Crippen MR) is 208 cm³/mol. The van der Waals surface area contributed by atoms with Crippen molar-refractivity contribution in [2.24, 2.45) is 0 Å². The zero-order valence-corrected chi connectivity index (χ0v) is 27.6. The number of aromatic nitrogens is 1. The Kier molecular flexibility index (Phi) is 5.95. The first kappa shape index (κ1) is 27.9. The monoisotopic (exact) mass is 626 g/mol. The number of anilines is 3. The summed E-state index contributed by atoms with van der Waals surface area (Å²) in [4.78, 5) is 2.35. The molecule has 0 spiro atoms. The first-order valence-electron chi connectivity index (χ1n) is 17.1. The van der Waals surface area contributed by atoms with Gasteiger partial charge in [-0.1, -0.05) is 123 Å². The van der Waals surface area contributed by atoms with Crippen molar-refractivity contribution in [3.05, 3.63) is 181 Å². The van der Waals surface area contributed by atoms with Gasteiger partial charge in [0.1, 0.15) is 0 Å². The van der Waals surface area contributed by atoms with Crippen LogP contribution in [-0.4, -0.2) is 4.57 Å². The molecular weight excluding hydrogens is 593 g/mol. The minimum atomic E-state index is -0.0827. The summed E-state index contributed by atoms with van der Waals surface area (Å²) in [6.45, 7) is 4.74. The van der Waals surface area contributed by atoms with E-state index in [9.17, 15) is 0 Å². The third kappa shape index (κ3) is 4.07. The van der Waals surface area contributed by atoms with Gasteiger partial charge in [-0.25, -0.2) is 0 Å². The van der Waals surface area contributed by atoms with Crippen molar-refractivity contribution in [3.63, 3.8) is 0 Å². The van der Waals surface area contributed by atoms with E-state index >= 15 is 0 Å². The molecule has 0 N–H and O–H groups in total. The first-order chi connectivity index (χ1) is 24.1. The van der Waals surface area contributed by atoms with Crippen LogP contribution in [0.15, 0.2) is 170 Å². The largest absolute Gasteiger partial charge is 0.310 e. The Balaban J connectivity index is 1.21. The molecule has 1 aliphatic carbocycles. The molecule has 0 radical (unpaired) electrons. The number of hydrogen-bond acceptors (Lipinski definition) is 1. The van der Waals surface area contributed by atoms with E-state index in [2.05, 4.69) is 193 Å². The molecule has 0 aliphatic heterocycles. The van der Waals surface area contributed by atoms with E-state index in [0.717, 1.165) is 22.7 Å². The second-order valence-electron chi connectivity index (χ2n) is 13.8. The normalized spacial score (nSPS) is 13.3. The maximum absolute atomic E-state index is 2.46. The van der Waals surface area contributed by atoms with Crippen LogP contribution >= 0.6 is 0 Å². The number of rotatable bonds is 4. The van der Waals surface area contributed by atoms with Gasteiger partial charge in [-0.15, -0.1) is 0 Å². The van der Waals surface area contributed by atoms with Crippen LogP contribution in [0.3, 0.4) is 0 Å². The highest BCUT2D eigenvalue weighted by molar-refractivity contribution is 6.24. The van der Waals surface area contributed by atoms with E-state index < -0.39 is 0 Å². The lowest BCUT2D eigenvalue weighted by molar-refractivity contribution is 0.645. The number of benzene rings is 8. The molecular formula is C47H34N2. The molecule has 0 amide bonds. The van der Waals surface area contributed by atoms with Gasteiger partial charge in [-0.2, -0.15) is 0 Å². The SMILES string of the molecule is CC1(C)c2ccccc2-c2c3c1cccc3cc1c2c2ccccc2n1-c1ccc(N(c2ccccc2)c2ccc3ccccc3c2)cc1. The second-order valence-corrected chi connectivity index (χ2v) is 13.8. The van der Waals surface area contributed by atoms with Crippen molar-refractivity contribution in [3.8, 4) is 16.8 Å². The van der Waals surface area contributed by atoms with Crippen molar-refractivity contribution in [2.75, 3.05) is 4.90 Å². The summed E-state index contributed by atoms with van der Waals surface area (Å²) in [5, 5.41) is 7.74. The minimum Gasteiger partial charge on any atom is -0.310 e. The van der Waals surface area contributed by atoms with E-state index in [0.29, 0.717) is 0 Å². The highest BCUT2D eigenvalue weighted by Crippen LogP contribution is 2.53. The first-order valence-corrected chi connectivity index (χ1v) is 17.1. The zero-order chi connectivity index (χ0) is 32.7. The molecule has 232 valence electrons. The van der Waals surface area contributed by atoms with E-state index in [1.54, 1.807) is 0 Å². The molecule has 1 aliphatic rings. The van der Waals surface area contributed by atoms with Crippen LogP contribution in [0.2, 0.25) is 0 Å². The lowest BCUT2D eigenvalue weighted by atomic mass is 9.68. The molecule has 1 heterocycles. The lowest BCUT2D eigenvalue weighted by Crippen LogP contribution is -2.23. The molecule has 8 aromatic carbocycles. The summed E-state index contributed by atoms with van der Waals surface area (Å²) in [6.07, 6.45) is 0. The molecule has 0 bridgehead atoms. The van der Waals surface area contributed by atoms with Gasteiger partial charge < -0.3 is 9.47 Å². The highest BCUT2D eigenvalue weighted by Gasteiger charge is 2.35. The van der Waals surface area contributed by atoms with Crippen molar-refractivity contribution < 1.29 is 0 Å². The van der Waals surface area contributed by atoms with Gasteiger partial charge in [0.15, 0.2) is 0 Å². The Labute approximate surface area is 286 Å². The summed E-state index contributed by atoms with van der Waals surface area (Å²) in [5.74, 6) is 0. The van der Waals surface area contributed by atoms with Crippen LogP contribution in [-0.2, 0) is 5.41 Å². The van der Waals surface area contributed by atoms with E-state index in [1.807, 2.05) is 0 Å². The molecule has 0 fully saturated rings. The lowest BCUT2D eigenvalue weighted by Gasteiger charge is -2.35. The average molecular weight is 627 g/mol. The molecule has 49 heavy (non-hydrogen) atoms. The van der Waals surface area contributed by atoms with Crippen molar-refractivity contribution in [1.29, 1.82) is 0 Å². The van der Waals surface area contributed by atoms with Gasteiger partial charge in [0.05, 0.1) is 11.0 Å². The van der Waals surface area contributed by atoms with Gasteiger partial charge in [-0.05, 0) is 98.9 Å². The molecule has 9 aromatic rings. The van der Waals surface area contributed by atoms with Crippen LogP contribution in [0.4, 0.5) is 17.1 Å². The van der Waals surface area contributed by atoms with Crippen molar-refractivity contribution in [2.45, 2.75) is 19.3 Å². The molecule has 1 aromatic heterocycles. The molecule has 0 unspecified atom stereocenters. The maximum Gasteiger partial charge on any atom is 0.0553 e. The Morgan fingerprint density at radius 1 is 0.449 bits per heavy atom. The van der Waals surface area contributed by atoms with Crippen LogP contribution in [0.25, 0.3) is 60.2 Å². The summed E-state index contributed by atoms with van der Waals surface area (Å²) >= 11 is 0. The van der Waals surface area contributed by atoms with E-state index in [4.69, 9.17) is 0 Å². The Bertz CT molecular complexity index is 2730.